The van der Waals surface area contributed by atoms with Crippen molar-refractivity contribution in [3.8, 4) is 0 Å². The van der Waals surface area contributed by atoms with E-state index in [1.807, 2.05) is 0 Å². The van der Waals surface area contributed by atoms with Gasteiger partial charge in [0.2, 0.25) is 0 Å². The number of carboxylic acid groups (broad SMARTS) is 1. The summed E-state index contributed by atoms with van der Waals surface area (Å²) < 4.78 is 0. The van der Waals surface area contributed by atoms with Gasteiger partial charge in [-0.1, -0.05) is 25.8 Å². The van der Waals surface area contributed by atoms with Crippen LogP contribution in [0.3, 0.4) is 0 Å². The van der Waals surface area contributed by atoms with Gasteiger partial charge < -0.3 is 10.2 Å². The molecule has 0 aromatic heterocycles. The molecule has 3 heteroatoms. The SMILES string of the molecule is CCCCC/C=C\[C@H](O)C(=O)O. The molecule has 0 heterocycles. The van der Waals surface area contributed by atoms with E-state index in [2.05, 4.69) is 6.92 Å². The average Bonchev–Trinajstić information content (AvgIpc) is 2.03. The van der Waals surface area contributed by atoms with E-state index in [9.17, 15) is 4.79 Å². The third-order valence-electron chi connectivity index (χ3n) is 1.55. The van der Waals surface area contributed by atoms with Crippen molar-refractivity contribution >= 4 is 5.97 Å². The van der Waals surface area contributed by atoms with E-state index in [0.29, 0.717) is 0 Å². The van der Waals surface area contributed by atoms with Crippen LogP contribution in [0.4, 0.5) is 0 Å². The highest BCUT2D eigenvalue weighted by atomic mass is 16.4. The summed E-state index contributed by atoms with van der Waals surface area (Å²) in [6.07, 6.45) is 5.89. The molecule has 2 N–H and O–H groups in total. The zero-order chi connectivity index (χ0) is 9.40. The van der Waals surface area contributed by atoms with Gasteiger partial charge in [-0.15, -0.1) is 0 Å². The molecule has 0 rings (SSSR count). The number of aliphatic hydroxyl groups excluding tert-OH is 1. The third-order valence-corrected chi connectivity index (χ3v) is 1.55. The van der Waals surface area contributed by atoms with Gasteiger partial charge in [-0.25, -0.2) is 4.79 Å². The van der Waals surface area contributed by atoms with Crippen molar-refractivity contribution in [1.29, 1.82) is 0 Å². The summed E-state index contributed by atoms with van der Waals surface area (Å²) in [5.74, 6) is -1.19. The van der Waals surface area contributed by atoms with Crippen LogP contribution in [-0.2, 0) is 4.79 Å². The van der Waals surface area contributed by atoms with E-state index >= 15 is 0 Å². The average molecular weight is 172 g/mol. The minimum atomic E-state index is -1.34. The van der Waals surface area contributed by atoms with Gasteiger partial charge in [0.15, 0.2) is 6.10 Å². The second kappa shape index (κ2) is 6.85. The lowest BCUT2D eigenvalue weighted by Gasteiger charge is -1.96. The van der Waals surface area contributed by atoms with Crippen molar-refractivity contribution in [2.45, 2.75) is 38.7 Å². The van der Waals surface area contributed by atoms with E-state index in [-0.39, 0.29) is 0 Å². The van der Waals surface area contributed by atoms with E-state index < -0.39 is 12.1 Å². The molecule has 12 heavy (non-hydrogen) atoms. The molecule has 0 saturated carbocycles. The van der Waals surface area contributed by atoms with Crippen molar-refractivity contribution in [3.63, 3.8) is 0 Å². The van der Waals surface area contributed by atoms with Gasteiger partial charge in [0, 0.05) is 0 Å². The Morgan fingerprint density at radius 3 is 2.67 bits per heavy atom. The van der Waals surface area contributed by atoms with Crippen LogP contribution in [0.2, 0.25) is 0 Å². The quantitative estimate of drug-likeness (QED) is 0.472. The number of rotatable bonds is 6. The molecular formula is C9H16O3. The highest BCUT2D eigenvalue weighted by molar-refractivity contribution is 5.74. The molecule has 3 nitrogen and oxygen atoms in total. The molecule has 0 aromatic carbocycles. The van der Waals surface area contributed by atoms with Gasteiger partial charge in [0.25, 0.3) is 0 Å². The summed E-state index contributed by atoms with van der Waals surface area (Å²) in [6.45, 7) is 2.11. The minimum absolute atomic E-state index is 0.845. The zero-order valence-corrected chi connectivity index (χ0v) is 7.36. The Balaban J connectivity index is 3.41. The summed E-state index contributed by atoms with van der Waals surface area (Å²) in [4.78, 5) is 10.1. The first kappa shape index (κ1) is 11.2. The molecular weight excluding hydrogens is 156 g/mol. The van der Waals surface area contributed by atoms with Crippen molar-refractivity contribution in [2.75, 3.05) is 0 Å². The Bertz CT molecular complexity index is 152. The van der Waals surface area contributed by atoms with Crippen LogP contribution in [0.15, 0.2) is 12.2 Å². The number of carboxylic acids is 1. The Labute approximate surface area is 72.7 Å². The van der Waals surface area contributed by atoms with Crippen LogP contribution in [0.5, 0.6) is 0 Å². The highest BCUT2D eigenvalue weighted by Gasteiger charge is 2.06. The summed E-state index contributed by atoms with van der Waals surface area (Å²) >= 11 is 0. The smallest absolute Gasteiger partial charge is 0.336 e. The van der Waals surface area contributed by atoms with Crippen molar-refractivity contribution in [1.82, 2.24) is 0 Å². The Hall–Kier alpha value is -0.830. The molecule has 1 atom stereocenters. The van der Waals surface area contributed by atoms with Crippen LogP contribution in [0, 0.1) is 0 Å². The Morgan fingerprint density at radius 2 is 2.17 bits per heavy atom. The topological polar surface area (TPSA) is 57.5 Å². The molecule has 0 bridgehead atoms. The monoisotopic (exact) mass is 172 g/mol. The summed E-state index contributed by atoms with van der Waals surface area (Å²) in [6, 6.07) is 0. The number of aliphatic carboxylic acids is 1. The second-order valence-electron chi connectivity index (χ2n) is 2.71. The first-order chi connectivity index (χ1) is 5.68. The van der Waals surface area contributed by atoms with Crippen LogP contribution >= 0.6 is 0 Å². The molecule has 0 fully saturated rings. The molecule has 0 spiro atoms. The predicted octanol–water partition coefficient (Wildman–Crippen LogP) is 1.57. The lowest BCUT2D eigenvalue weighted by molar-refractivity contribution is -0.144. The molecule has 0 radical (unpaired) electrons. The normalized spacial score (nSPS) is 13.5. The molecule has 0 saturated heterocycles. The van der Waals surface area contributed by atoms with Crippen LogP contribution in [0.25, 0.3) is 0 Å². The van der Waals surface area contributed by atoms with Crippen LogP contribution in [0.1, 0.15) is 32.6 Å². The van der Waals surface area contributed by atoms with Crippen molar-refractivity contribution in [2.24, 2.45) is 0 Å². The largest absolute Gasteiger partial charge is 0.479 e. The maximum atomic E-state index is 10.1. The number of unbranched alkanes of at least 4 members (excludes halogenated alkanes) is 3. The molecule has 0 aliphatic carbocycles. The number of allylic oxidation sites excluding steroid dienone is 1. The van der Waals surface area contributed by atoms with Gasteiger partial charge >= 0.3 is 5.97 Å². The third kappa shape index (κ3) is 5.92. The molecule has 0 amide bonds. The summed E-state index contributed by atoms with van der Waals surface area (Å²) in [5.41, 5.74) is 0. The molecule has 0 aromatic rings. The Morgan fingerprint density at radius 1 is 1.50 bits per heavy atom. The lowest BCUT2D eigenvalue weighted by atomic mass is 10.2. The first-order valence-electron chi connectivity index (χ1n) is 4.26. The van der Waals surface area contributed by atoms with E-state index in [4.69, 9.17) is 10.2 Å². The zero-order valence-electron chi connectivity index (χ0n) is 7.36. The van der Waals surface area contributed by atoms with E-state index in [1.165, 1.54) is 6.08 Å². The number of hydrogen-bond acceptors (Lipinski definition) is 2. The number of hydrogen-bond donors (Lipinski definition) is 2. The van der Waals surface area contributed by atoms with Gasteiger partial charge in [-0.3, -0.25) is 0 Å². The predicted molar refractivity (Wildman–Crippen MR) is 46.9 cm³/mol. The fourth-order valence-electron chi connectivity index (χ4n) is 0.820. The number of carbonyl (C=O) groups is 1. The fourth-order valence-corrected chi connectivity index (χ4v) is 0.820. The standard InChI is InChI=1S/C9H16O3/c1-2-3-4-5-6-7-8(10)9(11)12/h6-8,10H,2-5H2,1H3,(H,11,12)/b7-6-/t8-/m0/s1. The molecule has 0 unspecified atom stereocenters. The lowest BCUT2D eigenvalue weighted by Crippen LogP contribution is -2.15. The molecule has 0 aliphatic rings. The van der Waals surface area contributed by atoms with Crippen molar-refractivity contribution < 1.29 is 15.0 Å². The molecule has 0 aliphatic heterocycles. The van der Waals surface area contributed by atoms with Gasteiger partial charge in [-0.05, 0) is 18.9 Å². The maximum Gasteiger partial charge on any atom is 0.336 e. The highest BCUT2D eigenvalue weighted by Crippen LogP contribution is 2.00. The van der Waals surface area contributed by atoms with Crippen molar-refractivity contribution in [3.05, 3.63) is 12.2 Å². The number of aliphatic hydroxyl groups is 1. The van der Waals surface area contributed by atoms with Crippen LogP contribution in [-0.4, -0.2) is 22.3 Å². The maximum absolute atomic E-state index is 10.1. The molecule has 70 valence electrons. The Kier molecular flexibility index (Phi) is 6.38. The van der Waals surface area contributed by atoms with Gasteiger partial charge in [0.05, 0.1) is 0 Å². The minimum Gasteiger partial charge on any atom is -0.479 e. The van der Waals surface area contributed by atoms with E-state index in [1.54, 1.807) is 6.08 Å². The second-order valence-corrected chi connectivity index (χ2v) is 2.71. The fraction of sp³-hybridized carbons (Fsp3) is 0.667. The van der Waals surface area contributed by atoms with Gasteiger partial charge in [0.1, 0.15) is 0 Å². The summed E-state index contributed by atoms with van der Waals surface area (Å²) in [5, 5.41) is 17.1. The summed E-state index contributed by atoms with van der Waals surface area (Å²) in [7, 11) is 0. The van der Waals surface area contributed by atoms with Crippen LogP contribution < -0.4 is 0 Å². The first-order valence-corrected chi connectivity index (χ1v) is 4.26. The van der Waals surface area contributed by atoms with E-state index in [0.717, 1.165) is 25.7 Å². The van der Waals surface area contributed by atoms with Gasteiger partial charge in [-0.2, -0.15) is 0 Å².